The second kappa shape index (κ2) is 12.1. The maximum absolute atomic E-state index is 12.9. The van der Waals surface area contributed by atoms with E-state index in [1.54, 1.807) is 48.7 Å². The summed E-state index contributed by atoms with van der Waals surface area (Å²) in [5, 5.41) is 14.7. The molecule has 0 spiro atoms. The van der Waals surface area contributed by atoms with Gasteiger partial charge in [0.05, 0.1) is 34.9 Å². The fourth-order valence-corrected chi connectivity index (χ4v) is 6.07. The van der Waals surface area contributed by atoms with Gasteiger partial charge in [-0.1, -0.05) is 42.5 Å². The molecule has 2 aromatic carbocycles. The van der Waals surface area contributed by atoms with Crippen molar-refractivity contribution in [3.63, 3.8) is 0 Å². The molecule has 2 N–H and O–H groups in total. The van der Waals surface area contributed by atoms with E-state index in [0.717, 1.165) is 5.56 Å². The Hall–Kier alpha value is -2.96. The van der Waals surface area contributed by atoms with Crippen LogP contribution in [0.5, 0.6) is 5.19 Å². The SMILES string of the molecule is CCS(=O)(=O)c1ccc(C(CO)NC(=O)c2ccc(-c3csc(OC4CCC(C(F)(F)F)CC4)n3)cc2)cc1. The third kappa shape index (κ3) is 7.17. The fraction of sp³-hybridized carbons (Fsp3) is 0.407. The van der Waals surface area contributed by atoms with Crippen molar-refractivity contribution < 1.29 is 36.2 Å². The highest BCUT2D eigenvalue weighted by molar-refractivity contribution is 7.91. The maximum atomic E-state index is 12.9. The number of hydrogen-bond donors (Lipinski definition) is 2. The van der Waals surface area contributed by atoms with Crippen LogP contribution in [0.2, 0.25) is 0 Å². The summed E-state index contributed by atoms with van der Waals surface area (Å²) in [7, 11) is -3.35. The van der Waals surface area contributed by atoms with Gasteiger partial charge in [0.15, 0.2) is 9.84 Å². The molecule has 1 unspecified atom stereocenters. The number of halogens is 3. The van der Waals surface area contributed by atoms with Crippen molar-refractivity contribution in [1.29, 1.82) is 0 Å². The lowest BCUT2D eigenvalue weighted by atomic mass is 9.87. The van der Waals surface area contributed by atoms with Crippen LogP contribution in [-0.2, 0) is 9.84 Å². The fourth-order valence-electron chi connectivity index (χ4n) is 4.44. The number of sulfone groups is 1. The molecule has 1 amide bonds. The number of thiazole rings is 1. The molecule has 0 bridgehead atoms. The highest BCUT2D eigenvalue weighted by atomic mass is 32.2. The Bertz CT molecular complexity index is 1370. The molecule has 7 nitrogen and oxygen atoms in total. The molecular weight excluding hydrogens is 553 g/mol. The van der Waals surface area contributed by atoms with Crippen LogP contribution in [0, 0.1) is 5.92 Å². The van der Waals surface area contributed by atoms with Crippen molar-refractivity contribution >= 4 is 27.1 Å². The largest absolute Gasteiger partial charge is 0.467 e. The Morgan fingerprint density at radius 3 is 2.31 bits per heavy atom. The Balaban J connectivity index is 1.35. The number of ether oxygens (including phenoxy) is 1. The minimum absolute atomic E-state index is 0.0238. The van der Waals surface area contributed by atoms with E-state index >= 15 is 0 Å². The van der Waals surface area contributed by atoms with E-state index in [1.807, 2.05) is 0 Å². The van der Waals surface area contributed by atoms with Crippen LogP contribution in [0.3, 0.4) is 0 Å². The quantitative estimate of drug-likeness (QED) is 0.342. The average molecular weight is 583 g/mol. The molecule has 1 atom stereocenters. The first-order valence-electron chi connectivity index (χ1n) is 12.5. The molecule has 0 radical (unpaired) electrons. The number of hydrogen-bond acceptors (Lipinski definition) is 7. The number of rotatable bonds is 9. The monoisotopic (exact) mass is 582 g/mol. The van der Waals surface area contributed by atoms with Gasteiger partial charge in [0, 0.05) is 16.5 Å². The molecule has 1 aromatic heterocycles. The smallest absolute Gasteiger partial charge is 0.391 e. The second-order valence-electron chi connectivity index (χ2n) is 9.39. The summed E-state index contributed by atoms with van der Waals surface area (Å²) in [6, 6.07) is 12.0. The zero-order valence-corrected chi connectivity index (χ0v) is 22.8. The van der Waals surface area contributed by atoms with Gasteiger partial charge in [0.1, 0.15) is 6.10 Å². The van der Waals surface area contributed by atoms with Crippen LogP contribution in [0.1, 0.15) is 54.6 Å². The normalized spacial score (nSPS) is 18.9. The van der Waals surface area contributed by atoms with Gasteiger partial charge in [-0.05, 0) is 55.5 Å². The van der Waals surface area contributed by atoms with E-state index < -0.39 is 33.9 Å². The molecular formula is C27H29F3N2O5S2. The molecule has 1 saturated carbocycles. The molecule has 1 fully saturated rings. The molecule has 12 heteroatoms. The van der Waals surface area contributed by atoms with Crippen LogP contribution in [-0.4, -0.2) is 49.1 Å². The number of aromatic nitrogens is 1. The van der Waals surface area contributed by atoms with Crippen molar-refractivity contribution in [3.8, 4) is 16.5 Å². The number of carbonyl (C=O) groups excluding carboxylic acids is 1. The lowest BCUT2D eigenvalue weighted by Gasteiger charge is -2.29. The number of amides is 1. The molecule has 210 valence electrons. The molecule has 1 aliphatic carbocycles. The molecule has 3 aromatic rings. The van der Waals surface area contributed by atoms with Crippen molar-refractivity contribution in [2.24, 2.45) is 5.92 Å². The van der Waals surface area contributed by atoms with Crippen molar-refractivity contribution in [3.05, 3.63) is 65.0 Å². The van der Waals surface area contributed by atoms with E-state index in [4.69, 9.17) is 4.74 Å². The van der Waals surface area contributed by atoms with Gasteiger partial charge in [0.25, 0.3) is 11.1 Å². The minimum atomic E-state index is -4.16. The van der Waals surface area contributed by atoms with Gasteiger partial charge in [0.2, 0.25) is 0 Å². The molecule has 1 heterocycles. The molecule has 4 rings (SSSR count). The summed E-state index contributed by atoms with van der Waals surface area (Å²) in [6.07, 6.45) is -3.68. The van der Waals surface area contributed by atoms with Gasteiger partial charge < -0.3 is 15.2 Å². The number of alkyl halides is 3. The van der Waals surface area contributed by atoms with Gasteiger partial charge in [-0.3, -0.25) is 4.79 Å². The summed E-state index contributed by atoms with van der Waals surface area (Å²) < 4.78 is 68.5. The maximum Gasteiger partial charge on any atom is 0.391 e. The van der Waals surface area contributed by atoms with Gasteiger partial charge >= 0.3 is 6.18 Å². The third-order valence-electron chi connectivity index (χ3n) is 6.84. The predicted octanol–water partition coefficient (Wildman–Crippen LogP) is 5.57. The van der Waals surface area contributed by atoms with Crippen LogP contribution in [0.4, 0.5) is 13.2 Å². The number of carbonyl (C=O) groups is 1. The number of aliphatic hydroxyl groups excluding tert-OH is 1. The Kier molecular flexibility index (Phi) is 8.97. The van der Waals surface area contributed by atoms with Crippen LogP contribution in [0.15, 0.2) is 58.8 Å². The highest BCUT2D eigenvalue weighted by Crippen LogP contribution is 2.39. The highest BCUT2D eigenvalue weighted by Gasteiger charge is 2.41. The van der Waals surface area contributed by atoms with E-state index in [9.17, 15) is 31.5 Å². The van der Waals surface area contributed by atoms with E-state index in [-0.39, 0.29) is 36.2 Å². The summed E-state index contributed by atoms with van der Waals surface area (Å²) >= 11 is 1.27. The lowest BCUT2D eigenvalue weighted by molar-refractivity contribution is -0.185. The molecule has 39 heavy (non-hydrogen) atoms. The minimum Gasteiger partial charge on any atom is -0.467 e. The molecule has 0 aliphatic heterocycles. The van der Waals surface area contributed by atoms with Gasteiger partial charge in [-0.2, -0.15) is 13.2 Å². The second-order valence-corrected chi connectivity index (χ2v) is 12.5. The van der Waals surface area contributed by atoms with E-state index in [2.05, 4.69) is 10.3 Å². The number of nitrogens with one attached hydrogen (secondary N) is 1. The van der Waals surface area contributed by atoms with E-state index in [0.29, 0.717) is 34.9 Å². The summed E-state index contributed by atoms with van der Waals surface area (Å²) in [5.41, 5.74) is 2.29. The first-order valence-corrected chi connectivity index (χ1v) is 15.1. The van der Waals surface area contributed by atoms with Crippen LogP contribution in [0.25, 0.3) is 11.3 Å². The topological polar surface area (TPSA) is 106 Å². The van der Waals surface area contributed by atoms with Crippen molar-refractivity contribution in [2.75, 3.05) is 12.4 Å². The van der Waals surface area contributed by atoms with Crippen molar-refractivity contribution in [1.82, 2.24) is 10.3 Å². The van der Waals surface area contributed by atoms with Crippen LogP contribution >= 0.6 is 11.3 Å². The number of benzene rings is 2. The third-order valence-corrected chi connectivity index (χ3v) is 9.32. The van der Waals surface area contributed by atoms with Gasteiger partial charge in [-0.25, -0.2) is 13.4 Å². The Morgan fingerprint density at radius 2 is 1.74 bits per heavy atom. The average Bonchev–Trinajstić information content (AvgIpc) is 3.40. The zero-order chi connectivity index (χ0) is 28.2. The Morgan fingerprint density at radius 1 is 1.10 bits per heavy atom. The molecule has 0 saturated heterocycles. The lowest BCUT2D eigenvalue weighted by Crippen LogP contribution is -2.31. The zero-order valence-electron chi connectivity index (χ0n) is 21.1. The summed E-state index contributed by atoms with van der Waals surface area (Å²) in [6.45, 7) is 1.19. The van der Waals surface area contributed by atoms with E-state index in [1.165, 1.54) is 23.5 Å². The first kappa shape index (κ1) is 29.0. The molecule has 1 aliphatic rings. The first-order chi connectivity index (χ1) is 18.5. The Labute approximate surface area is 229 Å². The summed E-state index contributed by atoms with van der Waals surface area (Å²) in [5.74, 6) is -1.70. The van der Waals surface area contributed by atoms with Crippen LogP contribution < -0.4 is 10.1 Å². The number of aliphatic hydroxyl groups is 1. The number of nitrogens with zero attached hydrogens (tertiary/aromatic N) is 1. The standard InChI is InChI=1S/C27H29F3N2O5S2/c1-2-39(35,36)22-13-7-17(8-14-22)23(15-33)31-25(34)19-5-3-18(4-6-19)24-16-38-26(32-24)37-21-11-9-20(10-12-21)27(28,29)30/h3-8,13-14,16,20-21,23,33H,2,9-12,15H2,1H3,(H,31,34). The summed E-state index contributed by atoms with van der Waals surface area (Å²) in [4.78, 5) is 17.4. The predicted molar refractivity (Wildman–Crippen MR) is 141 cm³/mol. The van der Waals surface area contributed by atoms with Crippen molar-refractivity contribution in [2.45, 2.75) is 55.8 Å². The van der Waals surface area contributed by atoms with Gasteiger partial charge in [-0.15, -0.1) is 0 Å².